The average Bonchev–Trinajstić information content (AvgIpc) is 2.58. The summed E-state index contributed by atoms with van der Waals surface area (Å²) in [4.78, 5) is 23.8. The molecule has 0 aromatic heterocycles. The zero-order valence-electron chi connectivity index (χ0n) is 15.3. The number of carbonyl (C=O) groups excluding carboxylic acids is 2. The molecule has 0 aliphatic carbocycles. The number of rotatable bonds is 10. The predicted molar refractivity (Wildman–Crippen MR) is 89.6 cm³/mol. The topological polar surface area (TPSA) is 114 Å². The van der Waals surface area contributed by atoms with Crippen molar-refractivity contribution in [1.29, 1.82) is 0 Å². The minimum Gasteiger partial charge on any atom is -0.457 e. The quantitative estimate of drug-likeness (QED) is 0.380. The van der Waals surface area contributed by atoms with Crippen LogP contribution in [0.3, 0.4) is 0 Å². The molecule has 1 saturated heterocycles. The van der Waals surface area contributed by atoms with Crippen molar-refractivity contribution >= 4 is 11.9 Å². The highest BCUT2D eigenvalue weighted by atomic mass is 16.6. The van der Waals surface area contributed by atoms with Crippen LogP contribution < -0.4 is 5.32 Å². The van der Waals surface area contributed by atoms with Crippen molar-refractivity contribution in [3.8, 4) is 0 Å². The molecule has 5 atom stereocenters. The Kier molecular flexibility index (Phi) is 9.96. The van der Waals surface area contributed by atoms with Crippen LogP contribution in [-0.4, -0.2) is 65.9 Å². The van der Waals surface area contributed by atoms with E-state index in [2.05, 4.69) is 5.32 Å². The first-order chi connectivity index (χ1) is 12.0. The molecular weight excluding hydrogens is 330 g/mol. The molecule has 25 heavy (non-hydrogen) atoms. The summed E-state index contributed by atoms with van der Waals surface area (Å²) in [5.41, 5.74) is 0. The first-order valence-corrected chi connectivity index (χ1v) is 9.02. The predicted octanol–water partition coefficient (Wildman–Crippen LogP) is 0.488. The van der Waals surface area contributed by atoms with E-state index >= 15 is 0 Å². The Morgan fingerprint density at radius 2 is 1.84 bits per heavy atom. The van der Waals surface area contributed by atoms with Gasteiger partial charge >= 0.3 is 11.9 Å². The van der Waals surface area contributed by atoms with Crippen molar-refractivity contribution in [2.75, 3.05) is 13.2 Å². The third-order valence-electron chi connectivity index (χ3n) is 4.00. The Hall–Kier alpha value is -1.22. The fourth-order valence-electron chi connectivity index (χ4n) is 2.70. The molecule has 1 heterocycles. The number of hydrogen-bond acceptors (Lipinski definition) is 8. The van der Waals surface area contributed by atoms with E-state index in [0.717, 1.165) is 6.42 Å². The van der Waals surface area contributed by atoms with E-state index in [1.54, 1.807) is 6.92 Å². The van der Waals surface area contributed by atoms with E-state index in [4.69, 9.17) is 14.2 Å². The molecule has 0 radical (unpaired) electrons. The maximum Gasteiger partial charge on any atom is 0.306 e. The maximum absolute atomic E-state index is 12.0. The lowest BCUT2D eigenvalue weighted by Crippen LogP contribution is -2.63. The van der Waals surface area contributed by atoms with E-state index < -0.39 is 42.5 Å². The second-order valence-electron chi connectivity index (χ2n) is 6.14. The molecule has 8 nitrogen and oxygen atoms in total. The van der Waals surface area contributed by atoms with Crippen LogP contribution in [0.4, 0.5) is 0 Å². The van der Waals surface area contributed by atoms with Crippen LogP contribution in [0.5, 0.6) is 0 Å². The molecule has 1 unspecified atom stereocenters. The first kappa shape index (κ1) is 21.8. The van der Waals surface area contributed by atoms with Gasteiger partial charge in [-0.2, -0.15) is 0 Å². The largest absolute Gasteiger partial charge is 0.457 e. The van der Waals surface area contributed by atoms with E-state index in [1.165, 1.54) is 0 Å². The molecule has 0 spiro atoms. The summed E-state index contributed by atoms with van der Waals surface area (Å²) in [6.07, 6.45) is -1.03. The molecule has 0 aromatic carbocycles. The van der Waals surface area contributed by atoms with Crippen molar-refractivity contribution in [3.63, 3.8) is 0 Å². The summed E-state index contributed by atoms with van der Waals surface area (Å²) in [6.45, 7) is 5.20. The summed E-state index contributed by atoms with van der Waals surface area (Å²) in [5, 5.41) is 22.5. The van der Waals surface area contributed by atoms with Gasteiger partial charge in [0.2, 0.25) is 0 Å². The molecular formula is C17H31NO7. The van der Waals surface area contributed by atoms with E-state index in [0.29, 0.717) is 12.8 Å². The fourth-order valence-corrected chi connectivity index (χ4v) is 2.70. The lowest BCUT2D eigenvalue weighted by molar-refractivity contribution is -0.208. The van der Waals surface area contributed by atoms with Gasteiger partial charge in [-0.3, -0.25) is 14.9 Å². The second kappa shape index (κ2) is 11.4. The van der Waals surface area contributed by atoms with Gasteiger partial charge in [-0.1, -0.05) is 27.2 Å². The fraction of sp³-hybridized carbons (Fsp3) is 0.882. The van der Waals surface area contributed by atoms with E-state index in [1.807, 2.05) is 13.8 Å². The van der Waals surface area contributed by atoms with Gasteiger partial charge in [-0.25, -0.2) is 0 Å². The zero-order chi connectivity index (χ0) is 18.8. The monoisotopic (exact) mass is 361 g/mol. The third kappa shape index (κ3) is 6.89. The van der Waals surface area contributed by atoms with Gasteiger partial charge < -0.3 is 24.4 Å². The number of hydrogen-bond donors (Lipinski definition) is 3. The number of ether oxygens (including phenoxy) is 3. The normalized spacial score (nSPS) is 27.6. The number of carbonyl (C=O) groups is 2. The number of aliphatic hydroxyl groups excluding tert-OH is 2. The number of aliphatic hydroxyl groups is 2. The highest BCUT2D eigenvalue weighted by molar-refractivity contribution is 5.70. The Labute approximate surface area is 148 Å². The summed E-state index contributed by atoms with van der Waals surface area (Å²) < 4.78 is 16.5. The van der Waals surface area contributed by atoms with Crippen LogP contribution in [0, 0.1) is 0 Å². The highest BCUT2D eigenvalue weighted by Gasteiger charge is 2.45. The van der Waals surface area contributed by atoms with Crippen molar-refractivity contribution in [1.82, 2.24) is 5.32 Å². The standard InChI is InChI=1S/C17H31NO7/c1-4-7-13(20)18-11-10-23-12(9-19)17(24-14(21)6-3)16(11)25-15(22)8-5-2/h11-13,16-20H,4-10H2,1-3H3/t11-,12+,13?,16+,17+/m0/s1. The SMILES string of the molecule is CCCC(=O)O[C@H]1[C@H](OC(=O)CC)[C@@H](CO)OC[C@@H]1NC(O)CCC. The highest BCUT2D eigenvalue weighted by Crippen LogP contribution is 2.23. The smallest absolute Gasteiger partial charge is 0.306 e. The molecule has 0 aromatic rings. The lowest BCUT2D eigenvalue weighted by atomic mass is 9.97. The lowest BCUT2D eigenvalue weighted by Gasteiger charge is -2.41. The summed E-state index contributed by atoms with van der Waals surface area (Å²) in [6, 6.07) is -0.542. The van der Waals surface area contributed by atoms with Gasteiger partial charge in [0.15, 0.2) is 12.2 Å². The second-order valence-corrected chi connectivity index (χ2v) is 6.14. The molecule has 0 amide bonds. The van der Waals surface area contributed by atoms with Crippen LogP contribution in [0.25, 0.3) is 0 Å². The molecule has 1 aliphatic rings. The van der Waals surface area contributed by atoms with Gasteiger partial charge in [-0.15, -0.1) is 0 Å². The molecule has 1 rings (SSSR count). The third-order valence-corrected chi connectivity index (χ3v) is 4.00. The molecule has 1 aliphatic heterocycles. The summed E-state index contributed by atoms with van der Waals surface area (Å²) >= 11 is 0. The van der Waals surface area contributed by atoms with Gasteiger partial charge in [0.05, 0.1) is 19.3 Å². The van der Waals surface area contributed by atoms with Crippen molar-refractivity contribution < 1.29 is 34.0 Å². The molecule has 1 fully saturated rings. The van der Waals surface area contributed by atoms with Crippen LogP contribution >= 0.6 is 0 Å². The van der Waals surface area contributed by atoms with Gasteiger partial charge in [-0.05, 0) is 12.8 Å². The summed E-state index contributed by atoms with van der Waals surface area (Å²) in [7, 11) is 0. The Morgan fingerprint density at radius 1 is 1.16 bits per heavy atom. The van der Waals surface area contributed by atoms with Crippen molar-refractivity contribution in [2.45, 2.75) is 83.5 Å². The molecule has 0 saturated carbocycles. The maximum atomic E-state index is 12.0. The molecule has 146 valence electrons. The molecule has 3 N–H and O–H groups in total. The Balaban J connectivity index is 2.96. The Morgan fingerprint density at radius 3 is 2.40 bits per heavy atom. The number of esters is 2. The minimum atomic E-state index is -0.932. The molecule has 8 heteroatoms. The van der Waals surface area contributed by atoms with Crippen molar-refractivity contribution in [2.24, 2.45) is 0 Å². The van der Waals surface area contributed by atoms with E-state index in [-0.39, 0.29) is 26.1 Å². The van der Waals surface area contributed by atoms with Crippen LogP contribution in [0.2, 0.25) is 0 Å². The van der Waals surface area contributed by atoms with Gasteiger partial charge in [0.25, 0.3) is 0 Å². The van der Waals surface area contributed by atoms with Crippen LogP contribution in [0.15, 0.2) is 0 Å². The van der Waals surface area contributed by atoms with Gasteiger partial charge in [0.1, 0.15) is 12.3 Å². The van der Waals surface area contributed by atoms with Crippen LogP contribution in [-0.2, 0) is 23.8 Å². The summed E-state index contributed by atoms with van der Waals surface area (Å²) in [5.74, 6) is -0.890. The Bertz CT molecular complexity index is 418. The zero-order valence-corrected chi connectivity index (χ0v) is 15.3. The average molecular weight is 361 g/mol. The van der Waals surface area contributed by atoms with Gasteiger partial charge in [0, 0.05) is 12.8 Å². The first-order valence-electron chi connectivity index (χ1n) is 9.02. The number of nitrogens with one attached hydrogen (secondary N) is 1. The minimum absolute atomic E-state index is 0.121. The molecule has 0 bridgehead atoms. The van der Waals surface area contributed by atoms with Crippen LogP contribution in [0.1, 0.15) is 52.9 Å². The van der Waals surface area contributed by atoms with E-state index in [9.17, 15) is 19.8 Å². The van der Waals surface area contributed by atoms with Crippen molar-refractivity contribution in [3.05, 3.63) is 0 Å².